The maximum absolute atomic E-state index is 13.0. The summed E-state index contributed by atoms with van der Waals surface area (Å²) in [6.45, 7) is 3.27. The Balaban J connectivity index is 1.67. The van der Waals surface area contributed by atoms with Crippen molar-refractivity contribution in [1.29, 1.82) is 0 Å². The molecule has 1 aliphatic heterocycles. The summed E-state index contributed by atoms with van der Waals surface area (Å²) in [5, 5.41) is 5.47. The van der Waals surface area contributed by atoms with Gasteiger partial charge in [-0.1, -0.05) is 12.1 Å². The second kappa shape index (κ2) is 8.00. The minimum absolute atomic E-state index is 0.0365. The Hall–Kier alpha value is -3.26. The van der Waals surface area contributed by atoms with Crippen molar-refractivity contribution < 1.29 is 18.8 Å². The van der Waals surface area contributed by atoms with Crippen molar-refractivity contribution in [1.82, 2.24) is 4.90 Å². The zero-order valence-electron chi connectivity index (χ0n) is 16.5. The molecule has 2 N–H and O–H groups in total. The van der Waals surface area contributed by atoms with Gasteiger partial charge < -0.3 is 10.6 Å². The number of fused-ring (bicyclic) bond motifs is 1. The molecule has 0 saturated heterocycles. The van der Waals surface area contributed by atoms with Gasteiger partial charge in [0.25, 0.3) is 0 Å². The molecule has 0 radical (unpaired) electrons. The highest BCUT2D eigenvalue weighted by Gasteiger charge is 2.43. The molecule has 1 heterocycles. The zero-order chi connectivity index (χ0) is 21.2. The maximum atomic E-state index is 13.0. The molecular weight excluding hydrogens is 375 g/mol. The minimum Gasteiger partial charge on any atom is -0.325 e. The number of halogens is 1. The van der Waals surface area contributed by atoms with Crippen LogP contribution < -0.4 is 15.5 Å². The van der Waals surface area contributed by atoms with Gasteiger partial charge in [0.1, 0.15) is 11.4 Å². The molecule has 0 saturated carbocycles. The van der Waals surface area contributed by atoms with Gasteiger partial charge in [-0.15, -0.1) is 0 Å². The summed E-state index contributed by atoms with van der Waals surface area (Å²) in [6.07, 6.45) is 0. The van der Waals surface area contributed by atoms with E-state index in [1.54, 1.807) is 50.1 Å². The Morgan fingerprint density at radius 1 is 1.10 bits per heavy atom. The normalized spacial score (nSPS) is 14.9. The van der Waals surface area contributed by atoms with Crippen molar-refractivity contribution in [2.45, 2.75) is 19.4 Å². The van der Waals surface area contributed by atoms with E-state index in [4.69, 9.17) is 0 Å². The van der Waals surface area contributed by atoms with Crippen molar-refractivity contribution >= 4 is 34.8 Å². The number of likely N-dealkylation sites (N-methyl/N-ethyl adjacent to an activating group) is 1. The molecule has 8 heteroatoms. The van der Waals surface area contributed by atoms with Crippen LogP contribution >= 0.6 is 0 Å². The maximum Gasteiger partial charge on any atom is 0.250 e. The van der Waals surface area contributed by atoms with Crippen LogP contribution in [0.5, 0.6) is 0 Å². The third kappa shape index (κ3) is 4.43. The van der Waals surface area contributed by atoms with Gasteiger partial charge in [-0.25, -0.2) is 4.39 Å². The monoisotopic (exact) mass is 398 g/mol. The van der Waals surface area contributed by atoms with E-state index in [0.717, 1.165) is 0 Å². The molecule has 1 aliphatic rings. The molecule has 0 spiro atoms. The van der Waals surface area contributed by atoms with E-state index in [0.29, 0.717) is 17.1 Å². The summed E-state index contributed by atoms with van der Waals surface area (Å²) in [5.41, 5.74) is 0.592. The summed E-state index contributed by atoms with van der Waals surface area (Å²) >= 11 is 0. The second-order valence-corrected chi connectivity index (χ2v) is 7.49. The Bertz CT molecular complexity index is 943. The summed E-state index contributed by atoms with van der Waals surface area (Å²) in [4.78, 5) is 40.8. The standard InChI is InChI=1S/C21H23FN4O3/c1-21(2)20(29)24-16-6-4-5-7-17(16)26(21)19(28)13-25(3)12-18(27)23-15-10-8-14(22)9-11-15/h4-11H,12-13H2,1-3H3,(H,23,27)(H,24,29). The summed E-state index contributed by atoms with van der Waals surface area (Å²) in [7, 11) is 1.64. The first-order valence-electron chi connectivity index (χ1n) is 9.16. The van der Waals surface area contributed by atoms with Gasteiger partial charge in [0.05, 0.1) is 24.5 Å². The van der Waals surface area contributed by atoms with E-state index < -0.39 is 5.54 Å². The van der Waals surface area contributed by atoms with E-state index >= 15 is 0 Å². The summed E-state index contributed by atoms with van der Waals surface area (Å²) in [5.74, 6) is -1.29. The molecule has 0 fully saturated rings. The molecule has 7 nitrogen and oxygen atoms in total. The number of amides is 3. The molecule has 3 amide bonds. The van der Waals surface area contributed by atoms with Crippen molar-refractivity contribution in [3.05, 3.63) is 54.3 Å². The fourth-order valence-electron chi connectivity index (χ4n) is 3.23. The summed E-state index contributed by atoms with van der Waals surface area (Å²) < 4.78 is 13.0. The van der Waals surface area contributed by atoms with Crippen molar-refractivity contribution in [3.8, 4) is 0 Å². The quantitative estimate of drug-likeness (QED) is 0.811. The lowest BCUT2D eigenvalue weighted by Gasteiger charge is -2.42. The predicted molar refractivity (Wildman–Crippen MR) is 109 cm³/mol. The lowest BCUT2D eigenvalue weighted by atomic mass is 9.96. The van der Waals surface area contributed by atoms with Crippen LogP contribution in [0.25, 0.3) is 0 Å². The van der Waals surface area contributed by atoms with Gasteiger partial charge in [-0.05, 0) is 57.3 Å². The number of para-hydroxylation sites is 2. The average Bonchev–Trinajstić information content (AvgIpc) is 2.64. The highest BCUT2D eigenvalue weighted by molar-refractivity contribution is 6.14. The van der Waals surface area contributed by atoms with E-state index in [2.05, 4.69) is 10.6 Å². The Labute approximate surface area is 168 Å². The minimum atomic E-state index is -1.07. The Morgan fingerprint density at radius 3 is 2.45 bits per heavy atom. The van der Waals surface area contributed by atoms with Crippen molar-refractivity contribution in [2.75, 3.05) is 35.7 Å². The van der Waals surface area contributed by atoms with Crippen LogP contribution in [0.2, 0.25) is 0 Å². The van der Waals surface area contributed by atoms with Crippen LogP contribution in [0.15, 0.2) is 48.5 Å². The van der Waals surface area contributed by atoms with Gasteiger partial charge in [-0.2, -0.15) is 0 Å². The zero-order valence-corrected chi connectivity index (χ0v) is 16.5. The molecule has 3 rings (SSSR count). The average molecular weight is 398 g/mol. The largest absolute Gasteiger partial charge is 0.325 e. The van der Waals surface area contributed by atoms with Gasteiger partial charge in [0.15, 0.2) is 0 Å². The van der Waals surface area contributed by atoms with Gasteiger partial charge in [-0.3, -0.25) is 24.2 Å². The number of benzene rings is 2. The highest BCUT2D eigenvalue weighted by Crippen LogP contribution is 2.36. The lowest BCUT2D eigenvalue weighted by Crippen LogP contribution is -2.60. The molecule has 0 bridgehead atoms. The van der Waals surface area contributed by atoms with E-state index in [-0.39, 0.29) is 36.6 Å². The number of rotatable bonds is 5. The highest BCUT2D eigenvalue weighted by atomic mass is 19.1. The molecule has 0 atom stereocenters. The fraction of sp³-hybridized carbons (Fsp3) is 0.286. The molecule has 29 heavy (non-hydrogen) atoms. The van der Waals surface area contributed by atoms with Gasteiger partial charge >= 0.3 is 0 Å². The Kier molecular flexibility index (Phi) is 5.65. The molecule has 0 aromatic heterocycles. The van der Waals surface area contributed by atoms with E-state index in [9.17, 15) is 18.8 Å². The van der Waals surface area contributed by atoms with Crippen molar-refractivity contribution in [2.24, 2.45) is 0 Å². The molecular formula is C21H23FN4O3. The van der Waals surface area contributed by atoms with Crippen LogP contribution in [-0.4, -0.2) is 48.3 Å². The molecule has 0 aliphatic carbocycles. The van der Waals surface area contributed by atoms with E-state index in [1.807, 2.05) is 0 Å². The number of anilines is 3. The first-order chi connectivity index (χ1) is 13.7. The second-order valence-electron chi connectivity index (χ2n) is 7.49. The smallest absolute Gasteiger partial charge is 0.250 e. The van der Waals surface area contributed by atoms with Gasteiger partial charge in [0.2, 0.25) is 17.7 Å². The Morgan fingerprint density at radius 2 is 1.76 bits per heavy atom. The number of hydrogen-bond acceptors (Lipinski definition) is 4. The first-order valence-corrected chi connectivity index (χ1v) is 9.16. The fourth-order valence-corrected chi connectivity index (χ4v) is 3.23. The van der Waals surface area contributed by atoms with E-state index in [1.165, 1.54) is 29.2 Å². The van der Waals surface area contributed by atoms with Crippen LogP contribution in [0.1, 0.15) is 13.8 Å². The number of hydrogen-bond donors (Lipinski definition) is 2. The molecule has 152 valence electrons. The topological polar surface area (TPSA) is 81.8 Å². The number of nitrogens with one attached hydrogen (secondary N) is 2. The van der Waals surface area contributed by atoms with Crippen LogP contribution in [0, 0.1) is 5.82 Å². The third-order valence-electron chi connectivity index (χ3n) is 4.70. The number of carbonyl (C=O) groups is 3. The molecule has 2 aromatic carbocycles. The van der Waals surface area contributed by atoms with Crippen molar-refractivity contribution in [3.63, 3.8) is 0 Å². The number of carbonyl (C=O) groups excluding carboxylic acids is 3. The lowest BCUT2D eigenvalue weighted by molar-refractivity contribution is -0.127. The summed E-state index contributed by atoms with van der Waals surface area (Å²) in [6, 6.07) is 12.5. The first kappa shape index (κ1) is 20.5. The SMILES string of the molecule is CN(CC(=O)Nc1ccc(F)cc1)CC(=O)N1c2ccccc2NC(=O)C1(C)C. The van der Waals surface area contributed by atoms with Gasteiger partial charge in [0, 0.05) is 5.69 Å². The van der Waals surface area contributed by atoms with Crippen LogP contribution in [0.3, 0.4) is 0 Å². The predicted octanol–water partition coefficient (Wildman–Crippen LogP) is 2.46. The molecule has 0 unspecified atom stereocenters. The molecule has 2 aromatic rings. The van der Waals surface area contributed by atoms with Crippen LogP contribution in [-0.2, 0) is 14.4 Å². The third-order valence-corrected chi connectivity index (χ3v) is 4.70. The number of nitrogens with zero attached hydrogens (tertiary/aromatic N) is 2. The van der Waals surface area contributed by atoms with Crippen LogP contribution in [0.4, 0.5) is 21.5 Å².